The fraction of sp³-hybridized carbons (Fsp3) is 0.542. The van der Waals surface area contributed by atoms with E-state index in [0.29, 0.717) is 19.5 Å². The summed E-state index contributed by atoms with van der Waals surface area (Å²) in [5, 5.41) is 4.21. The van der Waals surface area contributed by atoms with E-state index in [-0.39, 0.29) is 23.8 Å². The van der Waals surface area contributed by atoms with E-state index in [0.717, 1.165) is 38.2 Å². The fourth-order valence-corrected chi connectivity index (χ4v) is 4.92. The van der Waals surface area contributed by atoms with E-state index in [4.69, 9.17) is 0 Å². The number of aromatic nitrogens is 2. The lowest BCUT2D eigenvalue weighted by molar-refractivity contribution is -0.134. The molecule has 0 spiro atoms. The van der Waals surface area contributed by atoms with Crippen LogP contribution in [0.2, 0.25) is 0 Å². The molecule has 2 aliphatic rings. The van der Waals surface area contributed by atoms with Crippen molar-refractivity contribution in [2.45, 2.75) is 45.1 Å². The van der Waals surface area contributed by atoms with E-state index in [2.05, 4.69) is 36.0 Å². The first-order valence-corrected chi connectivity index (χ1v) is 11.3. The third-order valence-electron chi connectivity index (χ3n) is 6.72. The molecular weight excluding hydrogens is 390 g/mol. The molecule has 2 aromatic rings. The summed E-state index contributed by atoms with van der Waals surface area (Å²) in [7, 11) is 1.87. The first kappa shape index (κ1) is 21.6. The molecule has 3 heterocycles. The van der Waals surface area contributed by atoms with Gasteiger partial charge in [0.2, 0.25) is 11.8 Å². The van der Waals surface area contributed by atoms with Gasteiger partial charge in [-0.1, -0.05) is 31.2 Å². The number of aryl methyl sites for hydroxylation is 2. The zero-order valence-electron chi connectivity index (χ0n) is 18.8. The van der Waals surface area contributed by atoms with Gasteiger partial charge in [0.05, 0.1) is 17.9 Å². The Morgan fingerprint density at radius 3 is 2.58 bits per heavy atom. The second-order valence-corrected chi connectivity index (χ2v) is 8.90. The van der Waals surface area contributed by atoms with Crippen LogP contribution in [0.3, 0.4) is 0 Å². The van der Waals surface area contributed by atoms with Crippen molar-refractivity contribution in [3.05, 3.63) is 47.8 Å². The molecule has 0 bridgehead atoms. The standard InChI is InChI=1S/C24H33N5O2/c1-18-7-4-5-8-21(18)19(2)15-23(30)28-13-11-27(12-14-28)22-9-6-10-29(24(22)31)20-16-25-26(3)17-20/h4-5,7-8,16-17,19,22H,6,9-15H2,1-3H3/t19-,22-/m1/s1. The molecule has 0 saturated carbocycles. The summed E-state index contributed by atoms with van der Waals surface area (Å²) < 4.78 is 1.73. The average Bonchev–Trinajstić information content (AvgIpc) is 3.20. The molecular formula is C24H33N5O2. The monoisotopic (exact) mass is 423 g/mol. The van der Waals surface area contributed by atoms with Crippen LogP contribution in [-0.4, -0.2) is 70.2 Å². The van der Waals surface area contributed by atoms with Gasteiger partial charge in [0.1, 0.15) is 0 Å². The number of anilines is 1. The Bertz CT molecular complexity index is 932. The average molecular weight is 424 g/mol. The number of carbonyl (C=O) groups is 2. The Labute approximate surface area is 184 Å². The minimum atomic E-state index is -0.0999. The minimum Gasteiger partial charge on any atom is -0.340 e. The highest BCUT2D eigenvalue weighted by Crippen LogP contribution is 2.26. The summed E-state index contributed by atoms with van der Waals surface area (Å²) in [4.78, 5) is 32.2. The van der Waals surface area contributed by atoms with Gasteiger partial charge >= 0.3 is 0 Å². The Kier molecular flexibility index (Phi) is 6.41. The minimum absolute atomic E-state index is 0.0999. The van der Waals surface area contributed by atoms with Crippen molar-refractivity contribution in [1.29, 1.82) is 0 Å². The molecule has 1 aromatic heterocycles. The zero-order chi connectivity index (χ0) is 22.0. The van der Waals surface area contributed by atoms with E-state index >= 15 is 0 Å². The molecule has 2 fully saturated rings. The second kappa shape index (κ2) is 9.22. The first-order valence-electron chi connectivity index (χ1n) is 11.3. The van der Waals surface area contributed by atoms with Crippen molar-refractivity contribution in [3.63, 3.8) is 0 Å². The summed E-state index contributed by atoms with van der Waals surface area (Å²) in [5.74, 6) is 0.578. The molecule has 2 amide bonds. The Morgan fingerprint density at radius 2 is 1.90 bits per heavy atom. The van der Waals surface area contributed by atoms with Crippen molar-refractivity contribution in [2.75, 3.05) is 37.6 Å². The van der Waals surface area contributed by atoms with E-state index in [1.165, 1.54) is 11.1 Å². The molecule has 2 aliphatic heterocycles. The molecule has 7 heteroatoms. The second-order valence-electron chi connectivity index (χ2n) is 8.90. The topological polar surface area (TPSA) is 61.7 Å². The number of piperazine rings is 1. The van der Waals surface area contributed by atoms with E-state index < -0.39 is 0 Å². The molecule has 0 N–H and O–H groups in total. The van der Waals surface area contributed by atoms with Crippen molar-refractivity contribution in [2.24, 2.45) is 7.05 Å². The Balaban J connectivity index is 1.32. The molecule has 0 aliphatic carbocycles. The summed E-state index contributed by atoms with van der Waals surface area (Å²) in [6.45, 7) is 7.86. The van der Waals surface area contributed by atoms with Gasteiger partial charge in [0, 0.05) is 52.4 Å². The molecule has 0 unspecified atom stereocenters. The molecule has 0 radical (unpaired) electrons. The highest BCUT2D eigenvalue weighted by Gasteiger charge is 2.36. The van der Waals surface area contributed by atoms with Gasteiger partial charge < -0.3 is 9.80 Å². The van der Waals surface area contributed by atoms with Crippen LogP contribution in [0.25, 0.3) is 0 Å². The maximum atomic E-state index is 13.2. The molecule has 2 saturated heterocycles. The van der Waals surface area contributed by atoms with Crippen molar-refractivity contribution in [3.8, 4) is 0 Å². The van der Waals surface area contributed by atoms with Gasteiger partial charge in [0.25, 0.3) is 0 Å². The maximum absolute atomic E-state index is 13.2. The highest BCUT2D eigenvalue weighted by molar-refractivity contribution is 5.97. The lowest BCUT2D eigenvalue weighted by Crippen LogP contribution is -2.58. The molecule has 7 nitrogen and oxygen atoms in total. The predicted molar refractivity (Wildman–Crippen MR) is 121 cm³/mol. The number of piperidine rings is 1. The van der Waals surface area contributed by atoms with Gasteiger partial charge in [-0.05, 0) is 36.8 Å². The van der Waals surface area contributed by atoms with Crippen molar-refractivity contribution < 1.29 is 9.59 Å². The van der Waals surface area contributed by atoms with E-state index in [9.17, 15) is 9.59 Å². The molecule has 166 valence electrons. The Hall–Kier alpha value is -2.67. The van der Waals surface area contributed by atoms with Crippen LogP contribution in [-0.2, 0) is 16.6 Å². The van der Waals surface area contributed by atoms with Crippen LogP contribution in [0.5, 0.6) is 0 Å². The van der Waals surface area contributed by atoms with E-state index in [1.54, 1.807) is 10.9 Å². The van der Waals surface area contributed by atoms with Crippen LogP contribution in [0.4, 0.5) is 5.69 Å². The van der Waals surface area contributed by atoms with Gasteiger partial charge in [-0.3, -0.25) is 19.2 Å². The first-order chi connectivity index (χ1) is 14.9. The predicted octanol–water partition coefficient (Wildman–Crippen LogP) is 2.56. The van der Waals surface area contributed by atoms with Gasteiger partial charge in [-0.2, -0.15) is 5.10 Å². The molecule has 1 aromatic carbocycles. The fourth-order valence-electron chi connectivity index (χ4n) is 4.92. The number of amides is 2. The summed E-state index contributed by atoms with van der Waals surface area (Å²) in [6, 6.07) is 8.20. The highest BCUT2D eigenvalue weighted by atomic mass is 16.2. The molecule has 31 heavy (non-hydrogen) atoms. The summed E-state index contributed by atoms with van der Waals surface area (Å²) in [5.41, 5.74) is 3.36. The van der Waals surface area contributed by atoms with Gasteiger partial charge in [0.15, 0.2) is 0 Å². The summed E-state index contributed by atoms with van der Waals surface area (Å²) >= 11 is 0. The van der Waals surface area contributed by atoms with Gasteiger partial charge in [-0.15, -0.1) is 0 Å². The van der Waals surface area contributed by atoms with Crippen LogP contribution >= 0.6 is 0 Å². The molecule has 4 rings (SSSR count). The van der Waals surface area contributed by atoms with Crippen LogP contribution in [0.1, 0.15) is 43.2 Å². The van der Waals surface area contributed by atoms with Crippen molar-refractivity contribution in [1.82, 2.24) is 19.6 Å². The van der Waals surface area contributed by atoms with Crippen molar-refractivity contribution >= 4 is 17.5 Å². The van der Waals surface area contributed by atoms with E-state index in [1.807, 2.05) is 35.2 Å². The number of rotatable bonds is 5. The normalized spacial score (nSPS) is 21.4. The quantitative estimate of drug-likeness (QED) is 0.742. The number of hydrogen-bond acceptors (Lipinski definition) is 4. The van der Waals surface area contributed by atoms with Crippen LogP contribution < -0.4 is 4.90 Å². The largest absolute Gasteiger partial charge is 0.340 e. The Morgan fingerprint density at radius 1 is 1.16 bits per heavy atom. The number of hydrogen-bond donors (Lipinski definition) is 0. The third kappa shape index (κ3) is 4.66. The van der Waals surface area contributed by atoms with Crippen LogP contribution in [0, 0.1) is 6.92 Å². The van der Waals surface area contributed by atoms with Crippen LogP contribution in [0.15, 0.2) is 36.7 Å². The lowest BCUT2D eigenvalue weighted by atomic mass is 9.93. The van der Waals surface area contributed by atoms with Gasteiger partial charge in [-0.25, -0.2) is 0 Å². The zero-order valence-corrected chi connectivity index (χ0v) is 18.8. The SMILES string of the molecule is Cc1ccccc1[C@H](C)CC(=O)N1CCN([C@@H]2CCCN(c3cnn(C)c3)C2=O)CC1. The maximum Gasteiger partial charge on any atom is 0.244 e. The summed E-state index contributed by atoms with van der Waals surface area (Å²) in [6.07, 6.45) is 6.05. The molecule has 2 atom stereocenters. The number of carbonyl (C=O) groups excluding carboxylic acids is 2. The number of nitrogens with zero attached hydrogens (tertiary/aromatic N) is 5. The number of benzene rings is 1. The third-order valence-corrected chi connectivity index (χ3v) is 6.72. The lowest BCUT2D eigenvalue weighted by Gasteiger charge is -2.42. The smallest absolute Gasteiger partial charge is 0.244 e.